The number of hydrogen-bond donors (Lipinski definition) is 2. The highest BCUT2D eigenvalue weighted by Crippen LogP contribution is 2.41. The molecular formula is C36H35N3O6. The molecule has 1 aromatic heterocycles. The van der Waals surface area contributed by atoms with Gasteiger partial charge >= 0.3 is 5.69 Å². The van der Waals surface area contributed by atoms with Crippen LogP contribution in [0.1, 0.15) is 32.6 Å². The van der Waals surface area contributed by atoms with Crippen molar-refractivity contribution in [2.45, 2.75) is 25.2 Å². The number of ether oxygens (including phenoxy) is 3. The van der Waals surface area contributed by atoms with Gasteiger partial charge < -0.3 is 24.6 Å². The molecule has 0 aliphatic heterocycles. The number of aliphatic hydroxyl groups is 1. The van der Waals surface area contributed by atoms with Gasteiger partial charge in [-0.2, -0.15) is 4.98 Å². The van der Waals surface area contributed by atoms with Crippen molar-refractivity contribution in [2.24, 2.45) is 0 Å². The van der Waals surface area contributed by atoms with Crippen LogP contribution in [0.3, 0.4) is 0 Å². The van der Waals surface area contributed by atoms with Crippen LogP contribution in [0, 0.1) is 6.92 Å². The molecule has 5 rings (SSSR count). The molecule has 1 amide bonds. The van der Waals surface area contributed by atoms with Crippen LogP contribution in [0.25, 0.3) is 0 Å². The average molecular weight is 606 g/mol. The van der Waals surface area contributed by atoms with Crippen molar-refractivity contribution in [1.82, 2.24) is 9.55 Å². The number of rotatable bonds is 12. The number of aliphatic hydroxyl groups excluding tert-OH is 1. The first-order valence-electron chi connectivity index (χ1n) is 14.4. The second-order valence-corrected chi connectivity index (χ2v) is 10.5. The molecule has 9 heteroatoms. The molecule has 2 N–H and O–H groups in total. The van der Waals surface area contributed by atoms with E-state index in [0.717, 1.165) is 16.7 Å². The number of carbonyl (C=O) groups is 1. The van der Waals surface area contributed by atoms with Crippen LogP contribution in [-0.4, -0.2) is 47.5 Å². The van der Waals surface area contributed by atoms with Gasteiger partial charge in [-0.25, -0.2) is 4.79 Å². The van der Waals surface area contributed by atoms with Crippen molar-refractivity contribution in [3.8, 4) is 11.5 Å². The number of carbonyl (C=O) groups excluding carboxylic acids is 1. The fourth-order valence-corrected chi connectivity index (χ4v) is 5.20. The van der Waals surface area contributed by atoms with Gasteiger partial charge in [0, 0.05) is 17.3 Å². The lowest BCUT2D eigenvalue weighted by Gasteiger charge is -2.36. The Bertz CT molecular complexity index is 1730. The van der Waals surface area contributed by atoms with Crippen LogP contribution < -0.4 is 20.5 Å². The number of hydrogen-bond acceptors (Lipinski definition) is 7. The first kappa shape index (κ1) is 31.2. The molecule has 0 aliphatic carbocycles. The smallest absolute Gasteiger partial charge is 0.349 e. The zero-order valence-electron chi connectivity index (χ0n) is 25.3. The van der Waals surface area contributed by atoms with Crippen molar-refractivity contribution in [3.63, 3.8) is 0 Å². The Kier molecular flexibility index (Phi) is 9.72. The van der Waals surface area contributed by atoms with Crippen molar-refractivity contribution >= 4 is 11.7 Å². The highest BCUT2D eigenvalue weighted by Gasteiger charge is 2.38. The van der Waals surface area contributed by atoms with E-state index >= 15 is 0 Å². The monoisotopic (exact) mass is 605 g/mol. The molecule has 4 aromatic carbocycles. The molecule has 0 unspecified atom stereocenters. The number of benzene rings is 4. The summed E-state index contributed by atoms with van der Waals surface area (Å²) < 4.78 is 18.9. The average Bonchev–Trinajstić information content (AvgIpc) is 3.08. The lowest BCUT2D eigenvalue weighted by molar-refractivity contribution is -0.0426. The number of aryl methyl sites for hydroxylation is 1. The predicted octanol–water partition coefficient (Wildman–Crippen LogP) is 5.19. The minimum atomic E-state index is -1.12. The van der Waals surface area contributed by atoms with E-state index in [1.165, 1.54) is 4.57 Å². The number of amides is 1. The van der Waals surface area contributed by atoms with Gasteiger partial charge in [-0.15, -0.1) is 0 Å². The van der Waals surface area contributed by atoms with Crippen LogP contribution in [0.5, 0.6) is 11.5 Å². The predicted molar refractivity (Wildman–Crippen MR) is 172 cm³/mol. The Labute approximate surface area is 261 Å². The number of aromatic nitrogens is 2. The summed E-state index contributed by atoms with van der Waals surface area (Å²) in [7, 11) is 3.22. The summed E-state index contributed by atoms with van der Waals surface area (Å²) >= 11 is 0. The normalized spacial score (nSPS) is 11.9. The van der Waals surface area contributed by atoms with Gasteiger partial charge in [0.2, 0.25) is 0 Å². The standard InChI is InChI=1S/C36H35N3O6/c1-25-22-39(35(42)38-33(25)37-34(41)26-10-6-4-7-11-26)23-30(40)24-45-36(27-12-8-5-9-13-27,28-14-18-31(43-2)19-15-28)29-16-20-32(44-3)21-17-29/h4-22,30,40H,23-24H2,1-3H3,(H,37,38,41,42)/t30-/m0/s1. The SMILES string of the molecule is COc1ccc(C(OC[C@@H](O)Cn2cc(C)c(NC(=O)c3ccccc3)nc2=O)(c2ccccc2)c2ccc(OC)cc2)cc1. The zero-order chi connectivity index (χ0) is 31.8. The third kappa shape index (κ3) is 6.95. The van der Waals surface area contributed by atoms with Gasteiger partial charge in [-0.3, -0.25) is 9.36 Å². The molecule has 0 saturated carbocycles. The Hall–Kier alpha value is -5.25. The van der Waals surface area contributed by atoms with E-state index in [1.807, 2.05) is 84.9 Å². The Morgan fingerprint density at radius 3 is 1.87 bits per heavy atom. The van der Waals surface area contributed by atoms with Crippen molar-refractivity contribution in [3.05, 3.63) is 154 Å². The zero-order valence-corrected chi connectivity index (χ0v) is 25.3. The molecule has 1 heterocycles. The molecule has 0 fully saturated rings. The van der Waals surface area contributed by atoms with E-state index in [2.05, 4.69) is 10.3 Å². The molecule has 0 aliphatic rings. The topological polar surface area (TPSA) is 112 Å². The highest BCUT2D eigenvalue weighted by atomic mass is 16.5. The molecule has 0 spiro atoms. The van der Waals surface area contributed by atoms with Gasteiger partial charge in [0.25, 0.3) is 5.91 Å². The fourth-order valence-electron chi connectivity index (χ4n) is 5.20. The first-order valence-corrected chi connectivity index (χ1v) is 14.4. The van der Waals surface area contributed by atoms with E-state index in [0.29, 0.717) is 22.6 Å². The number of nitrogens with zero attached hydrogens (tertiary/aromatic N) is 2. The van der Waals surface area contributed by atoms with E-state index < -0.39 is 17.4 Å². The second kappa shape index (κ2) is 14.0. The summed E-state index contributed by atoms with van der Waals surface area (Å²) in [5, 5.41) is 13.9. The summed E-state index contributed by atoms with van der Waals surface area (Å²) in [6, 6.07) is 33.6. The summed E-state index contributed by atoms with van der Waals surface area (Å²) in [6.45, 7) is 1.54. The minimum Gasteiger partial charge on any atom is -0.497 e. The maximum Gasteiger partial charge on any atom is 0.349 e. The summed E-state index contributed by atoms with van der Waals surface area (Å²) in [5.74, 6) is 1.19. The van der Waals surface area contributed by atoms with E-state index in [1.54, 1.807) is 51.6 Å². The quantitative estimate of drug-likeness (QED) is 0.188. The van der Waals surface area contributed by atoms with Crippen LogP contribution in [0.2, 0.25) is 0 Å². The minimum absolute atomic E-state index is 0.0737. The third-order valence-electron chi connectivity index (χ3n) is 7.52. The van der Waals surface area contributed by atoms with Crippen molar-refractivity contribution in [2.75, 3.05) is 26.1 Å². The lowest BCUT2D eigenvalue weighted by Crippen LogP contribution is -2.38. The van der Waals surface area contributed by atoms with Gasteiger partial charge in [0.15, 0.2) is 0 Å². The van der Waals surface area contributed by atoms with Gasteiger partial charge in [-0.1, -0.05) is 72.8 Å². The fraction of sp³-hybridized carbons (Fsp3) is 0.194. The molecule has 1 atom stereocenters. The Morgan fingerprint density at radius 2 is 1.33 bits per heavy atom. The molecule has 0 saturated heterocycles. The van der Waals surface area contributed by atoms with Crippen molar-refractivity contribution < 1.29 is 24.1 Å². The highest BCUT2D eigenvalue weighted by molar-refractivity contribution is 6.04. The molecule has 0 bridgehead atoms. The largest absolute Gasteiger partial charge is 0.497 e. The Balaban J connectivity index is 1.43. The molecule has 230 valence electrons. The first-order chi connectivity index (χ1) is 21.8. The Morgan fingerprint density at radius 1 is 0.822 bits per heavy atom. The van der Waals surface area contributed by atoms with E-state index in [-0.39, 0.29) is 24.9 Å². The number of nitrogens with one attached hydrogen (secondary N) is 1. The van der Waals surface area contributed by atoms with Gasteiger partial charge in [0.1, 0.15) is 22.9 Å². The molecular weight excluding hydrogens is 570 g/mol. The van der Waals surface area contributed by atoms with Crippen LogP contribution in [0.4, 0.5) is 5.82 Å². The maximum absolute atomic E-state index is 13.0. The van der Waals surface area contributed by atoms with Crippen molar-refractivity contribution in [1.29, 1.82) is 0 Å². The molecule has 9 nitrogen and oxygen atoms in total. The van der Waals surface area contributed by atoms with Crippen LogP contribution in [0.15, 0.2) is 120 Å². The summed E-state index contributed by atoms with van der Waals surface area (Å²) in [4.78, 5) is 29.6. The van der Waals surface area contributed by atoms with Crippen LogP contribution in [-0.2, 0) is 16.9 Å². The summed E-state index contributed by atoms with van der Waals surface area (Å²) in [5.41, 5.74) is 1.78. The maximum atomic E-state index is 13.0. The van der Waals surface area contributed by atoms with Gasteiger partial charge in [0.05, 0.1) is 33.5 Å². The van der Waals surface area contributed by atoms with E-state index in [4.69, 9.17) is 14.2 Å². The van der Waals surface area contributed by atoms with Crippen LogP contribution >= 0.6 is 0 Å². The number of methoxy groups -OCH3 is 2. The molecule has 5 aromatic rings. The molecule has 45 heavy (non-hydrogen) atoms. The van der Waals surface area contributed by atoms with E-state index in [9.17, 15) is 14.7 Å². The number of anilines is 1. The molecule has 0 radical (unpaired) electrons. The summed E-state index contributed by atoms with van der Waals surface area (Å²) in [6.07, 6.45) is 0.490. The third-order valence-corrected chi connectivity index (χ3v) is 7.52. The lowest BCUT2D eigenvalue weighted by atomic mass is 9.80. The second-order valence-electron chi connectivity index (χ2n) is 10.5. The van der Waals surface area contributed by atoms with Gasteiger partial charge in [-0.05, 0) is 60.0 Å².